The van der Waals surface area contributed by atoms with E-state index in [4.69, 9.17) is 19.6 Å². The van der Waals surface area contributed by atoms with Crippen LogP contribution in [0.3, 0.4) is 0 Å². The first kappa shape index (κ1) is 17.3. The number of nitrogens with zero attached hydrogens (tertiary/aromatic N) is 1. The molecular formula is C10H24NO6P2+. The lowest BCUT2D eigenvalue weighted by Gasteiger charge is -2.42. The second-order valence-electron chi connectivity index (χ2n) is 5.89. The number of likely N-dealkylation sites (tertiary alicyclic amines) is 1. The largest absolute Gasteiger partial charge is 0.340 e. The molecule has 1 aliphatic heterocycles. The van der Waals surface area contributed by atoms with Crippen molar-refractivity contribution in [1.82, 2.24) is 0 Å². The minimum Gasteiger partial charge on any atom is -0.326 e. The van der Waals surface area contributed by atoms with Crippen LogP contribution in [0.2, 0.25) is 0 Å². The van der Waals surface area contributed by atoms with Gasteiger partial charge in [-0.15, -0.1) is 0 Å². The molecule has 1 atom stereocenters. The van der Waals surface area contributed by atoms with Crippen molar-refractivity contribution in [1.29, 1.82) is 0 Å². The summed E-state index contributed by atoms with van der Waals surface area (Å²) in [5, 5.41) is -1.86. The predicted octanol–water partition coefficient (Wildman–Crippen LogP) is 1.08. The predicted molar refractivity (Wildman–Crippen MR) is 71.7 cm³/mol. The molecule has 1 saturated heterocycles. The molecular weight excluding hydrogens is 292 g/mol. The zero-order chi connectivity index (χ0) is 14.9. The van der Waals surface area contributed by atoms with Gasteiger partial charge in [0.2, 0.25) is 0 Å². The summed E-state index contributed by atoms with van der Waals surface area (Å²) in [4.78, 5) is 36.3. The molecule has 0 aromatic heterocycles. The standard InChI is InChI=1S/C10H23NO6P2/c1-11(2)8-4-3-5-9(11)6-7-10(18(12,13)14)19(15,16)17/h9-10H,3-8H2,1-2H3,(H3-,12,13,14,15,16,17)/p+1. The van der Waals surface area contributed by atoms with Crippen molar-refractivity contribution in [2.24, 2.45) is 0 Å². The van der Waals surface area contributed by atoms with Gasteiger partial charge in [0.25, 0.3) is 0 Å². The summed E-state index contributed by atoms with van der Waals surface area (Å²) < 4.78 is 23.2. The number of hydrogen-bond acceptors (Lipinski definition) is 2. The van der Waals surface area contributed by atoms with E-state index in [-0.39, 0.29) is 12.5 Å². The van der Waals surface area contributed by atoms with Gasteiger partial charge < -0.3 is 24.1 Å². The smallest absolute Gasteiger partial charge is 0.326 e. The highest BCUT2D eigenvalue weighted by Crippen LogP contribution is 2.61. The summed E-state index contributed by atoms with van der Waals surface area (Å²) >= 11 is 0. The van der Waals surface area contributed by atoms with Gasteiger partial charge in [0, 0.05) is 6.42 Å². The van der Waals surface area contributed by atoms with E-state index in [0.29, 0.717) is 6.42 Å². The lowest BCUT2D eigenvalue weighted by atomic mass is 9.96. The molecule has 1 fully saturated rings. The van der Waals surface area contributed by atoms with Gasteiger partial charge in [-0.2, -0.15) is 0 Å². The molecule has 0 aliphatic carbocycles. The Bertz CT molecular complexity index is 379. The summed E-state index contributed by atoms with van der Waals surface area (Å²) in [5.41, 5.74) is 0. The number of rotatable bonds is 5. The molecule has 1 unspecified atom stereocenters. The second kappa shape index (κ2) is 5.94. The topological polar surface area (TPSA) is 115 Å². The van der Waals surface area contributed by atoms with Crippen LogP contribution in [0.15, 0.2) is 0 Å². The van der Waals surface area contributed by atoms with Crippen LogP contribution < -0.4 is 0 Å². The zero-order valence-electron chi connectivity index (χ0n) is 11.3. The number of piperidine rings is 1. The molecule has 4 N–H and O–H groups in total. The molecule has 0 saturated carbocycles. The van der Waals surface area contributed by atoms with E-state index in [1.165, 1.54) is 0 Å². The van der Waals surface area contributed by atoms with Gasteiger partial charge in [-0.05, 0) is 25.7 Å². The van der Waals surface area contributed by atoms with Gasteiger partial charge in [-0.25, -0.2) is 0 Å². The lowest BCUT2D eigenvalue weighted by molar-refractivity contribution is -0.920. The van der Waals surface area contributed by atoms with Gasteiger partial charge in [0.15, 0.2) is 5.40 Å². The Morgan fingerprint density at radius 2 is 1.63 bits per heavy atom. The first-order chi connectivity index (χ1) is 8.44. The number of hydrogen-bond donors (Lipinski definition) is 4. The highest BCUT2D eigenvalue weighted by molar-refractivity contribution is 7.70. The van der Waals surface area contributed by atoms with E-state index in [0.717, 1.165) is 30.3 Å². The first-order valence-electron chi connectivity index (χ1n) is 6.38. The van der Waals surface area contributed by atoms with Crippen molar-refractivity contribution in [3.63, 3.8) is 0 Å². The highest BCUT2D eigenvalue weighted by Gasteiger charge is 2.44. The normalized spacial score (nSPS) is 24.7. The average Bonchev–Trinajstić information content (AvgIpc) is 2.16. The summed E-state index contributed by atoms with van der Waals surface area (Å²) in [6.07, 6.45) is 3.39. The SMILES string of the molecule is C[N+]1(C)CCCCC1CCC(P(=O)(O)O)P(=O)(O)O. The van der Waals surface area contributed by atoms with E-state index in [9.17, 15) is 9.13 Å². The Morgan fingerprint density at radius 1 is 1.11 bits per heavy atom. The van der Waals surface area contributed by atoms with Crippen molar-refractivity contribution in [2.75, 3.05) is 20.6 Å². The summed E-state index contributed by atoms with van der Waals surface area (Å²) in [6.45, 7) is 0.987. The Morgan fingerprint density at radius 3 is 2.05 bits per heavy atom. The maximum absolute atomic E-state index is 11.2. The quantitative estimate of drug-likeness (QED) is 0.445. The lowest BCUT2D eigenvalue weighted by Crippen LogP contribution is -2.52. The molecule has 0 radical (unpaired) electrons. The van der Waals surface area contributed by atoms with Crippen LogP contribution in [0, 0.1) is 0 Å². The molecule has 114 valence electrons. The molecule has 7 nitrogen and oxygen atoms in total. The van der Waals surface area contributed by atoms with Gasteiger partial charge in [-0.1, -0.05) is 0 Å². The Kier molecular flexibility index (Phi) is 5.41. The minimum atomic E-state index is -4.78. The third-order valence-corrected chi connectivity index (χ3v) is 7.92. The molecule has 19 heavy (non-hydrogen) atoms. The Labute approximate surface area is 113 Å². The summed E-state index contributed by atoms with van der Waals surface area (Å²) in [5.74, 6) is 0. The molecule has 0 bridgehead atoms. The van der Waals surface area contributed by atoms with Crippen LogP contribution in [-0.4, -0.2) is 56.1 Å². The van der Waals surface area contributed by atoms with Crippen LogP contribution in [0.25, 0.3) is 0 Å². The minimum absolute atomic E-state index is 0.138. The van der Waals surface area contributed by atoms with Gasteiger partial charge >= 0.3 is 15.2 Å². The Balaban J connectivity index is 2.72. The fourth-order valence-electron chi connectivity index (χ4n) is 2.80. The van der Waals surface area contributed by atoms with Crippen LogP contribution in [0.1, 0.15) is 32.1 Å². The average molecular weight is 316 g/mol. The molecule has 9 heteroatoms. The van der Waals surface area contributed by atoms with Crippen LogP contribution >= 0.6 is 15.2 Å². The second-order valence-corrected chi connectivity index (χ2v) is 9.90. The van der Waals surface area contributed by atoms with Crippen molar-refractivity contribution in [3.05, 3.63) is 0 Å². The van der Waals surface area contributed by atoms with Crippen molar-refractivity contribution in [2.45, 2.75) is 43.5 Å². The van der Waals surface area contributed by atoms with Crippen molar-refractivity contribution < 1.29 is 33.2 Å². The van der Waals surface area contributed by atoms with Gasteiger partial charge in [0.05, 0.1) is 26.7 Å². The molecule has 1 aliphatic rings. The number of quaternary nitrogens is 1. The molecule has 0 aromatic carbocycles. The third kappa shape index (κ3) is 4.94. The summed E-state index contributed by atoms with van der Waals surface area (Å²) in [6, 6.07) is 0.203. The van der Waals surface area contributed by atoms with Crippen LogP contribution in [0.5, 0.6) is 0 Å². The fourth-order valence-corrected chi connectivity index (χ4v) is 5.34. The van der Waals surface area contributed by atoms with Crippen molar-refractivity contribution >= 4 is 15.2 Å². The maximum atomic E-state index is 11.2. The zero-order valence-corrected chi connectivity index (χ0v) is 13.1. The van der Waals surface area contributed by atoms with Gasteiger partial charge in [-0.3, -0.25) is 9.13 Å². The fraction of sp³-hybridized carbons (Fsp3) is 1.00. The molecule has 0 amide bonds. The first-order valence-corrected chi connectivity index (χ1v) is 9.74. The molecule has 1 heterocycles. The third-order valence-electron chi connectivity index (χ3n) is 4.04. The molecule has 1 rings (SSSR count). The van der Waals surface area contributed by atoms with E-state index < -0.39 is 20.6 Å². The van der Waals surface area contributed by atoms with E-state index in [1.54, 1.807) is 0 Å². The van der Waals surface area contributed by atoms with E-state index in [1.807, 2.05) is 14.1 Å². The molecule has 0 aromatic rings. The van der Waals surface area contributed by atoms with E-state index in [2.05, 4.69) is 0 Å². The maximum Gasteiger partial charge on any atom is 0.340 e. The van der Waals surface area contributed by atoms with E-state index >= 15 is 0 Å². The Hall–Kier alpha value is 0.260. The van der Waals surface area contributed by atoms with Crippen LogP contribution in [-0.2, 0) is 9.13 Å². The summed E-state index contributed by atoms with van der Waals surface area (Å²) in [7, 11) is -5.45. The highest BCUT2D eigenvalue weighted by atomic mass is 31.2. The van der Waals surface area contributed by atoms with Crippen LogP contribution in [0.4, 0.5) is 0 Å². The van der Waals surface area contributed by atoms with Crippen molar-refractivity contribution in [3.8, 4) is 0 Å². The van der Waals surface area contributed by atoms with Gasteiger partial charge in [0.1, 0.15) is 0 Å². The monoisotopic (exact) mass is 316 g/mol. The molecule has 0 spiro atoms.